The van der Waals surface area contributed by atoms with Gasteiger partial charge in [0.05, 0.1) is 19.4 Å². The molecule has 0 amide bonds. The first-order chi connectivity index (χ1) is 10.2. The molecule has 0 unspecified atom stereocenters. The van der Waals surface area contributed by atoms with Crippen LogP contribution in [0.25, 0.3) is 0 Å². The smallest absolute Gasteiger partial charge is 0.119 e. The lowest BCUT2D eigenvalue weighted by atomic mass is 10.2. The van der Waals surface area contributed by atoms with E-state index in [9.17, 15) is 0 Å². The Morgan fingerprint density at radius 1 is 1.10 bits per heavy atom. The summed E-state index contributed by atoms with van der Waals surface area (Å²) in [5.74, 6) is 0.852. The molecule has 0 aromatic heterocycles. The summed E-state index contributed by atoms with van der Waals surface area (Å²) in [5, 5.41) is 5.42. The van der Waals surface area contributed by atoms with Crippen LogP contribution < -0.4 is 10.2 Å². The zero-order chi connectivity index (χ0) is 15.1. The normalized spacial score (nSPS) is 10.8. The number of rotatable bonds is 6. The highest BCUT2D eigenvalue weighted by atomic mass is 35.5. The highest BCUT2D eigenvalue weighted by Crippen LogP contribution is 2.23. The fraction of sp³-hybridized carbons (Fsp3) is 0.188. The number of hydrazone groups is 1. The monoisotopic (exact) mass is 322 g/mol. The third-order valence-electron chi connectivity index (χ3n) is 2.81. The van der Waals surface area contributed by atoms with E-state index >= 15 is 0 Å². The van der Waals surface area contributed by atoms with Gasteiger partial charge in [-0.25, -0.2) is 0 Å². The Hall–Kier alpha value is -1.71. The van der Waals surface area contributed by atoms with Crippen LogP contribution in [0.4, 0.5) is 0 Å². The third-order valence-corrected chi connectivity index (χ3v) is 3.52. The molecule has 0 saturated carbocycles. The maximum Gasteiger partial charge on any atom is 0.119 e. The number of hydrogen-bond donors (Lipinski definition) is 1. The van der Waals surface area contributed by atoms with Gasteiger partial charge in [0, 0.05) is 15.6 Å². The van der Waals surface area contributed by atoms with Crippen molar-refractivity contribution in [1.82, 2.24) is 5.43 Å². The van der Waals surface area contributed by atoms with E-state index in [0.29, 0.717) is 23.2 Å². The third kappa shape index (κ3) is 4.66. The number of hydrogen-bond acceptors (Lipinski definition) is 3. The largest absolute Gasteiger partial charge is 0.494 e. The summed E-state index contributed by atoms with van der Waals surface area (Å²) >= 11 is 12.2. The molecule has 0 heterocycles. The quantitative estimate of drug-likeness (QED) is 0.626. The molecule has 110 valence electrons. The second-order valence-corrected chi connectivity index (χ2v) is 5.11. The maximum atomic E-state index is 6.08. The molecule has 1 N–H and O–H groups in total. The average Bonchev–Trinajstić information content (AvgIpc) is 2.48. The predicted octanol–water partition coefficient (Wildman–Crippen LogP) is 4.52. The van der Waals surface area contributed by atoms with Gasteiger partial charge in [-0.05, 0) is 48.9 Å². The summed E-state index contributed by atoms with van der Waals surface area (Å²) < 4.78 is 5.38. The minimum absolute atomic E-state index is 0.478. The zero-order valence-corrected chi connectivity index (χ0v) is 13.2. The molecule has 0 radical (unpaired) electrons. The Morgan fingerprint density at radius 3 is 2.38 bits per heavy atom. The number of nitrogens with one attached hydrogen (secondary N) is 1. The van der Waals surface area contributed by atoms with Crippen molar-refractivity contribution >= 4 is 29.4 Å². The van der Waals surface area contributed by atoms with Crippen molar-refractivity contribution in [3.63, 3.8) is 0 Å². The molecule has 0 spiro atoms. The van der Waals surface area contributed by atoms with Crippen LogP contribution in [0.5, 0.6) is 5.75 Å². The van der Waals surface area contributed by atoms with Gasteiger partial charge in [0.1, 0.15) is 5.75 Å². The highest BCUT2D eigenvalue weighted by molar-refractivity contribution is 6.35. The molecule has 0 bridgehead atoms. The second kappa shape index (κ2) is 7.91. The molecule has 0 aliphatic rings. The maximum absolute atomic E-state index is 6.08. The van der Waals surface area contributed by atoms with Crippen molar-refractivity contribution in [3.8, 4) is 5.75 Å². The number of ether oxygens (including phenoxy) is 1. The number of halogens is 2. The molecule has 0 atom stereocenters. The van der Waals surface area contributed by atoms with E-state index in [4.69, 9.17) is 27.9 Å². The Kier molecular flexibility index (Phi) is 5.90. The first-order valence-electron chi connectivity index (χ1n) is 6.62. The van der Waals surface area contributed by atoms with E-state index in [1.807, 2.05) is 37.3 Å². The van der Waals surface area contributed by atoms with Gasteiger partial charge in [-0.1, -0.05) is 29.3 Å². The van der Waals surface area contributed by atoms with Crippen molar-refractivity contribution in [2.24, 2.45) is 5.10 Å². The zero-order valence-electron chi connectivity index (χ0n) is 11.6. The molecule has 0 aliphatic heterocycles. The van der Waals surface area contributed by atoms with Gasteiger partial charge >= 0.3 is 0 Å². The first-order valence-corrected chi connectivity index (χ1v) is 7.38. The second-order valence-electron chi connectivity index (χ2n) is 4.30. The topological polar surface area (TPSA) is 33.6 Å². The minimum Gasteiger partial charge on any atom is -0.494 e. The lowest BCUT2D eigenvalue weighted by molar-refractivity contribution is 0.340. The minimum atomic E-state index is 0.478. The molecule has 0 saturated heterocycles. The Balaban J connectivity index is 1.90. The molecular weight excluding hydrogens is 307 g/mol. The van der Waals surface area contributed by atoms with Crippen molar-refractivity contribution in [3.05, 3.63) is 63.6 Å². The van der Waals surface area contributed by atoms with Crippen LogP contribution in [-0.2, 0) is 6.54 Å². The van der Waals surface area contributed by atoms with Gasteiger partial charge in [0.15, 0.2) is 0 Å². The van der Waals surface area contributed by atoms with Gasteiger partial charge in [-0.3, -0.25) is 0 Å². The van der Waals surface area contributed by atoms with Crippen LogP contribution in [-0.4, -0.2) is 12.8 Å². The molecule has 21 heavy (non-hydrogen) atoms. The van der Waals surface area contributed by atoms with Gasteiger partial charge in [0.2, 0.25) is 0 Å². The standard InChI is InChI=1S/C16H16Cl2N2O/c1-2-21-13-8-6-12(7-9-13)10-19-20-11-14-15(17)4-3-5-16(14)18/h3-10,20H,2,11H2,1H3/b19-10-. The van der Waals surface area contributed by atoms with E-state index in [-0.39, 0.29) is 0 Å². The molecule has 2 rings (SSSR count). The molecule has 5 heteroatoms. The lowest BCUT2D eigenvalue weighted by Gasteiger charge is -2.06. The SMILES string of the molecule is CCOc1ccc(/C=N\NCc2c(Cl)cccc2Cl)cc1. The summed E-state index contributed by atoms with van der Waals surface area (Å²) in [5.41, 5.74) is 4.76. The fourth-order valence-corrected chi connectivity index (χ4v) is 2.29. The van der Waals surface area contributed by atoms with E-state index in [0.717, 1.165) is 16.9 Å². The Labute approximate surface area is 134 Å². The molecule has 2 aromatic rings. The van der Waals surface area contributed by atoms with E-state index in [2.05, 4.69) is 10.5 Å². The predicted molar refractivity (Wildman–Crippen MR) is 88.5 cm³/mol. The average molecular weight is 323 g/mol. The van der Waals surface area contributed by atoms with E-state index in [1.165, 1.54) is 0 Å². The summed E-state index contributed by atoms with van der Waals surface area (Å²) in [6, 6.07) is 13.1. The van der Waals surface area contributed by atoms with E-state index < -0.39 is 0 Å². The molecular formula is C16H16Cl2N2O. The van der Waals surface area contributed by atoms with Gasteiger partial charge in [-0.2, -0.15) is 5.10 Å². The van der Waals surface area contributed by atoms with Crippen molar-refractivity contribution in [2.75, 3.05) is 6.61 Å². The van der Waals surface area contributed by atoms with Crippen molar-refractivity contribution < 1.29 is 4.74 Å². The Morgan fingerprint density at radius 2 is 1.76 bits per heavy atom. The Bertz CT molecular complexity index is 592. The van der Waals surface area contributed by atoms with Crippen LogP contribution in [0.3, 0.4) is 0 Å². The van der Waals surface area contributed by atoms with Crippen LogP contribution in [0.15, 0.2) is 47.6 Å². The molecule has 0 aliphatic carbocycles. The highest BCUT2D eigenvalue weighted by Gasteiger charge is 2.03. The molecule has 2 aromatic carbocycles. The first kappa shape index (κ1) is 15.7. The summed E-state index contributed by atoms with van der Waals surface area (Å²) in [4.78, 5) is 0. The lowest BCUT2D eigenvalue weighted by Crippen LogP contribution is -2.06. The van der Waals surface area contributed by atoms with Crippen LogP contribution >= 0.6 is 23.2 Å². The van der Waals surface area contributed by atoms with Crippen LogP contribution in [0, 0.1) is 0 Å². The summed E-state index contributed by atoms with van der Waals surface area (Å²) in [7, 11) is 0. The number of nitrogens with zero attached hydrogens (tertiary/aromatic N) is 1. The van der Waals surface area contributed by atoms with Gasteiger partial charge < -0.3 is 10.2 Å². The van der Waals surface area contributed by atoms with Crippen LogP contribution in [0.2, 0.25) is 10.0 Å². The van der Waals surface area contributed by atoms with Gasteiger partial charge in [0.25, 0.3) is 0 Å². The van der Waals surface area contributed by atoms with Gasteiger partial charge in [-0.15, -0.1) is 0 Å². The number of benzene rings is 2. The van der Waals surface area contributed by atoms with Crippen molar-refractivity contribution in [1.29, 1.82) is 0 Å². The van der Waals surface area contributed by atoms with Crippen molar-refractivity contribution in [2.45, 2.75) is 13.5 Å². The van der Waals surface area contributed by atoms with E-state index in [1.54, 1.807) is 18.3 Å². The summed E-state index contributed by atoms with van der Waals surface area (Å²) in [6.45, 7) is 3.10. The van der Waals surface area contributed by atoms with Crippen LogP contribution in [0.1, 0.15) is 18.1 Å². The molecule has 0 fully saturated rings. The fourth-order valence-electron chi connectivity index (χ4n) is 1.76. The summed E-state index contributed by atoms with van der Waals surface area (Å²) in [6.07, 6.45) is 1.74. The molecule has 3 nitrogen and oxygen atoms in total.